The van der Waals surface area contributed by atoms with E-state index in [2.05, 4.69) is 32.6 Å². The average molecular weight is 551 g/mol. The lowest BCUT2D eigenvalue weighted by atomic mass is 10.0. The first-order chi connectivity index (χ1) is 19.1. The number of carbonyl (C=O) groups excluding carboxylic acids is 2. The lowest BCUT2D eigenvalue weighted by Gasteiger charge is -2.34. The van der Waals surface area contributed by atoms with Gasteiger partial charge in [-0.2, -0.15) is 0 Å². The number of aromatic nitrogens is 2. The summed E-state index contributed by atoms with van der Waals surface area (Å²) in [6.45, 7) is 9.03. The van der Waals surface area contributed by atoms with Gasteiger partial charge in [-0.3, -0.25) is 14.7 Å². The number of hydrogen-bond donors (Lipinski definition) is 3. The van der Waals surface area contributed by atoms with Crippen molar-refractivity contribution >= 4 is 23.3 Å². The first kappa shape index (κ1) is 29.0. The number of amides is 3. The predicted octanol–water partition coefficient (Wildman–Crippen LogP) is 3.61. The van der Waals surface area contributed by atoms with Gasteiger partial charge in [0.2, 0.25) is 5.91 Å². The summed E-state index contributed by atoms with van der Waals surface area (Å²) in [5.74, 6) is 0.981. The quantitative estimate of drug-likeness (QED) is 0.387. The van der Waals surface area contributed by atoms with Crippen LogP contribution in [0.3, 0.4) is 0 Å². The number of urea groups is 1. The number of nitrogens with zero attached hydrogens (tertiary/aromatic N) is 4. The molecule has 0 fully saturated rings. The number of aliphatic hydroxyl groups is 1. The lowest BCUT2D eigenvalue weighted by Crippen LogP contribution is -2.47. The molecule has 3 heterocycles. The maximum atomic E-state index is 13.4. The highest BCUT2D eigenvalue weighted by atomic mass is 16.5. The lowest BCUT2D eigenvalue weighted by molar-refractivity contribution is -0.134. The van der Waals surface area contributed by atoms with E-state index in [1.165, 1.54) is 0 Å². The second-order valence-electron chi connectivity index (χ2n) is 10.5. The Balaban J connectivity index is 1.57. The first-order valence-electron chi connectivity index (χ1n) is 13.4. The van der Waals surface area contributed by atoms with E-state index in [1.54, 1.807) is 49.3 Å². The fraction of sp³-hybridized carbons (Fsp3) is 0.448. The third-order valence-electron chi connectivity index (χ3n) is 7.14. The van der Waals surface area contributed by atoms with Crippen molar-refractivity contribution in [2.24, 2.45) is 5.92 Å². The number of benzene rings is 1. The van der Waals surface area contributed by atoms with E-state index >= 15 is 0 Å². The number of rotatable bonds is 8. The molecular weight excluding hydrogens is 512 g/mol. The van der Waals surface area contributed by atoms with Crippen molar-refractivity contribution in [2.45, 2.75) is 52.8 Å². The van der Waals surface area contributed by atoms with Crippen molar-refractivity contribution in [3.05, 3.63) is 65.3 Å². The number of fused-ring (bicyclic) bond motifs is 1. The Labute approximate surface area is 234 Å². The SMILES string of the molecule is Cc1noc(C)c1NC(=O)Nc1ccc2c(c1)CC(=O)N([C@@H](C)CO)C[C@H](C)[C@H](CN(C)Cc1ccncc1)O2. The van der Waals surface area contributed by atoms with E-state index in [1.807, 2.05) is 26.1 Å². The molecule has 3 amide bonds. The molecule has 0 unspecified atom stereocenters. The van der Waals surface area contributed by atoms with Crippen molar-refractivity contribution in [1.29, 1.82) is 0 Å². The number of carbonyl (C=O) groups is 2. The van der Waals surface area contributed by atoms with Crippen LogP contribution in [0.1, 0.15) is 36.4 Å². The number of pyridine rings is 1. The Morgan fingerprint density at radius 1 is 1.23 bits per heavy atom. The third kappa shape index (κ3) is 7.16. The number of aliphatic hydroxyl groups excluding tert-OH is 1. The van der Waals surface area contributed by atoms with Gasteiger partial charge in [-0.15, -0.1) is 0 Å². The van der Waals surface area contributed by atoms with Gasteiger partial charge in [0, 0.05) is 49.2 Å². The molecule has 0 saturated carbocycles. The number of aryl methyl sites for hydroxylation is 2. The average Bonchev–Trinajstić information content (AvgIpc) is 3.25. The fourth-order valence-electron chi connectivity index (χ4n) is 4.83. The van der Waals surface area contributed by atoms with Crippen LogP contribution in [0.4, 0.5) is 16.2 Å². The van der Waals surface area contributed by atoms with Crippen molar-refractivity contribution in [3.63, 3.8) is 0 Å². The number of likely N-dealkylation sites (N-methyl/N-ethyl adjacent to an activating group) is 1. The summed E-state index contributed by atoms with van der Waals surface area (Å²) < 4.78 is 11.7. The molecule has 3 N–H and O–H groups in total. The number of hydrogen-bond acceptors (Lipinski definition) is 8. The normalized spacial score (nSPS) is 18.3. The van der Waals surface area contributed by atoms with Gasteiger partial charge >= 0.3 is 6.03 Å². The molecule has 4 rings (SSSR count). The minimum absolute atomic E-state index is 0.0116. The molecule has 0 aliphatic carbocycles. The van der Waals surface area contributed by atoms with Crippen LogP contribution >= 0.6 is 0 Å². The zero-order valence-electron chi connectivity index (χ0n) is 23.7. The zero-order valence-corrected chi connectivity index (χ0v) is 23.7. The molecule has 1 aromatic carbocycles. The second-order valence-corrected chi connectivity index (χ2v) is 10.5. The minimum Gasteiger partial charge on any atom is -0.488 e. The maximum absolute atomic E-state index is 13.4. The summed E-state index contributed by atoms with van der Waals surface area (Å²) in [5, 5.41) is 19.3. The topological polar surface area (TPSA) is 133 Å². The van der Waals surface area contributed by atoms with E-state index in [-0.39, 0.29) is 37.0 Å². The largest absolute Gasteiger partial charge is 0.488 e. The summed E-state index contributed by atoms with van der Waals surface area (Å²) in [5.41, 5.74) is 3.41. The number of ether oxygens (including phenoxy) is 1. The molecule has 3 atom stereocenters. The molecule has 214 valence electrons. The summed E-state index contributed by atoms with van der Waals surface area (Å²) in [7, 11) is 2.04. The van der Waals surface area contributed by atoms with Gasteiger partial charge in [0.15, 0.2) is 5.76 Å². The number of anilines is 2. The van der Waals surface area contributed by atoms with Crippen LogP contribution in [0, 0.1) is 19.8 Å². The summed E-state index contributed by atoms with van der Waals surface area (Å²) in [6.07, 6.45) is 3.40. The van der Waals surface area contributed by atoms with Crippen molar-refractivity contribution in [2.75, 3.05) is 37.4 Å². The summed E-state index contributed by atoms with van der Waals surface area (Å²) in [4.78, 5) is 34.2. The van der Waals surface area contributed by atoms with Crippen LogP contribution < -0.4 is 15.4 Å². The maximum Gasteiger partial charge on any atom is 0.323 e. The predicted molar refractivity (Wildman–Crippen MR) is 151 cm³/mol. The van der Waals surface area contributed by atoms with Gasteiger partial charge in [0.05, 0.1) is 19.1 Å². The highest BCUT2D eigenvalue weighted by Gasteiger charge is 2.31. The Kier molecular flexibility index (Phi) is 9.38. The van der Waals surface area contributed by atoms with Gasteiger partial charge in [-0.25, -0.2) is 4.79 Å². The van der Waals surface area contributed by atoms with Crippen LogP contribution in [0.5, 0.6) is 5.75 Å². The van der Waals surface area contributed by atoms with Crippen LogP contribution in [-0.2, 0) is 17.8 Å². The Hall–Kier alpha value is -3.96. The van der Waals surface area contributed by atoms with Crippen molar-refractivity contribution in [1.82, 2.24) is 19.9 Å². The Morgan fingerprint density at radius 3 is 2.65 bits per heavy atom. The van der Waals surface area contributed by atoms with E-state index in [0.717, 1.165) is 12.1 Å². The monoisotopic (exact) mass is 550 g/mol. The smallest absolute Gasteiger partial charge is 0.323 e. The minimum atomic E-state index is -0.454. The van der Waals surface area contributed by atoms with Crippen LogP contribution in [0.25, 0.3) is 0 Å². The van der Waals surface area contributed by atoms with Gasteiger partial charge in [-0.05, 0) is 63.7 Å². The van der Waals surface area contributed by atoms with E-state index in [0.29, 0.717) is 47.2 Å². The van der Waals surface area contributed by atoms with Crippen molar-refractivity contribution < 1.29 is 24.0 Å². The highest BCUT2D eigenvalue weighted by molar-refractivity contribution is 6.00. The number of nitrogens with one attached hydrogen (secondary N) is 2. The Morgan fingerprint density at radius 2 is 1.98 bits per heavy atom. The molecule has 3 aromatic rings. The van der Waals surface area contributed by atoms with Gasteiger partial charge in [0.25, 0.3) is 0 Å². The van der Waals surface area contributed by atoms with Crippen LogP contribution in [-0.4, -0.2) is 75.9 Å². The van der Waals surface area contributed by atoms with Crippen LogP contribution in [0.15, 0.2) is 47.2 Å². The standard InChI is InChI=1S/C29H38N6O5/c1-18-14-35(19(2)17-36)27(37)13-23-12-24(31-29(38)32-28-20(3)33-40-21(28)4)6-7-25(23)39-26(18)16-34(5)15-22-8-10-30-11-9-22/h6-12,18-19,26,36H,13-17H2,1-5H3,(H2,31,32,38)/t18-,19-,26-/m0/s1. The fourth-order valence-corrected chi connectivity index (χ4v) is 4.83. The van der Waals surface area contributed by atoms with Gasteiger partial charge in [-0.1, -0.05) is 12.1 Å². The molecule has 40 heavy (non-hydrogen) atoms. The molecule has 1 aliphatic rings. The summed E-state index contributed by atoms with van der Waals surface area (Å²) in [6, 6.07) is 8.48. The summed E-state index contributed by atoms with van der Waals surface area (Å²) >= 11 is 0. The van der Waals surface area contributed by atoms with Gasteiger partial charge < -0.3 is 29.9 Å². The molecule has 0 saturated heterocycles. The molecule has 11 heteroatoms. The van der Waals surface area contributed by atoms with Crippen molar-refractivity contribution in [3.8, 4) is 5.75 Å². The molecule has 11 nitrogen and oxygen atoms in total. The van der Waals surface area contributed by atoms with E-state index in [4.69, 9.17) is 9.26 Å². The first-order valence-corrected chi connectivity index (χ1v) is 13.4. The van der Waals surface area contributed by atoms with E-state index < -0.39 is 6.03 Å². The molecular formula is C29H38N6O5. The van der Waals surface area contributed by atoms with Crippen LogP contribution in [0.2, 0.25) is 0 Å². The molecule has 0 bridgehead atoms. The molecule has 2 aromatic heterocycles. The van der Waals surface area contributed by atoms with Gasteiger partial charge in [0.1, 0.15) is 23.2 Å². The molecule has 0 spiro atoms. The zero-order chi connectivity index (χ0) is 28.8. The molecule has 1 aliphatic heterocycles. The Bertz CT molecular complexity index is 1290. The third-order valence-corrected chi connectivity index (χ3v) is 7.14. The highest BCUT2D eigenvalue weighted by Crippen LogP contribution is 2.29. The second kappa shape index (κ2) is 12.9. The van der Waals surface area contributed by atoms with E-state index in [9.17, 15) is 14.7 Å². The molecule has 0 radical (unpaired) electrons.